The van der Waals surface area contributed by atoms with Crippen molar-refractivity contribution in [2.45, 2.75) is 52.7 Å². The van der Waals surface area contributed by atoms with Crippen LogP contribution in [0.4, 0.5) is 0 Å². The smallest absolute Gasteiger partial charge is 0.372 e. The summed E-state index contributed by atoms with van der Waals surface area (Å²) < 4.78 is 7.42. The molecule has 0 aromatic carbocycles. The van der Waals surface area contributed by atoms with Crippen LogP contribution in [0, 0.1) is 17.8 Å². The number of carbonyl (C=O) groups is 2. The minimum atomic E-state index is -0.276. The number of hydrogen-bond acceptors (Lipinski definition) is 4. The second-order valence-corrected chi connectivity index (χ2v) is 7.57. The molecule has 26 heavy (non-hydrogen) atoms. The Morgan fingerprint density at radius 3 is 2.85 bits per heavy atom. The molecule has 6 nitrogen and oxygen atoms in total. The van der Waals surface area contributed by atoms with E-state index in [2.05, 4.69) is 26.1 Å². The summed E-state index contributed by atoms with van der Waals surface area (Å²) in [6.07, 6.45) is 6.56. The van der Waals surface area contributed by atoms with E-state index >= 15 is 0 Å². The van der Waals surface area contributed by atoms with Crippen LogP contribution in [0.3, 0.4) is 0 Å². The number of esters is 1. The summed E-state index contributed by atoms with van der Waals surface area (Å²) in [6, 6.07) is 3.39. The van der Waals surface area contributed by atoms with E-state index in [1.165, 1.54) is 6.42 Å². The number of nitrogens with one attached hydrogen (secondary N) is 1. The summed E-state index contributed by atoms with van der Waals surface area (Å²) in [5.74, 6) is 1.04. The normalized spacial score (nSPS) is 22.9. The number of aliphatic hydroxyl groups excluding tert-OH is 1. The largest absolute Gasteiger partial charge is 0.457 e. The predicted molar refractivity (Wildman–Crippen MR) is 97.3 cm³/mol. The Balaban J connectivity index is 1.93. The fraction of sp³-hybridized carbons (Fsp3) is 0.650. The van der Waals surface area contributed by atoms with Crippen molar-refractivity contribution in [1.82, 2.24) is 5.32 Å². The van der Waals surface area contributed by atoms with Crippen molar-refractivity contribution in [1.29, 1.82) is 0 Å². The van der Waals surface area contributed by atoms with Gasteiger partial charge in [-0.05, 0) is 43.1 Å². The zero-order chi connectivity index (χ0) is 19.1. The molecule has 3 atom stereocenters. The van der Waals surface area contributed by atoms with Crippen molar-refractivity contribution in [2.24, 2.45) is 17.8 Å². The van der Waals surface area contributed by atoms with Crippen LogP contribution in [0.1, 0.15) is 50.4 Å². The summed E-state index contributed by atoms with van der Waals surface area (Å²) in [4.78, 5) is 24.3. The number of hydrogen-bond donors (Lipinski definition) is 2. The zero-order valence-corrected chi connectivity index (χ0v) is 16.0. The van der Waals surface area contributed by atoms with E-state index in [0.717, 1.165) is 12.8 Å². The quantitative estimate of drug-likeness (QED) is 0.571. The molecule has 1 aromatic rings. The molecule has 1 aliphatic rings. The summed E-state index contributed by atoms with van der Waals surface area (Å²) >= 11 is 0. The van der Waals surface area contributed by atoms with Crippen molar-refractivity contribution in [2.75, 3.05) is 13.2 Å². The highest BCUT2D eigenvalue weighted by molar-refractivity contribution is 5.93. The maximum atomic E-state index is 12.4. The minimum absolute atomic E-state index is 0.0275. The van der Waals surface area contributed by atoms with Gasteiger partial charge in [-0.2, -0.15) is 4.57 Å². The van der Waals surface area contributed by atoms with Crippen LogP contribution in [-0.4, -0.2) is 36.2 Å². The number of aromatic nitrogens is 1. The second kappa shape index (κ2) is 9.67. The molecule has 1 saturated carbocycles. The molecule has 1 aromatic heterocycles. The lowest BCUT2D eigenvalue weighted by atomic mass is 9.76. The van der Waals surface area contributed by atoms with Gasteiger partial charge in [-0.25, -0.2) is 4.79 Å². The van der Waals surface area contributed by atoms with Gasteiger partial charge in [0.25, 0.3) is 5.91 Å². The van der Waals surface area contributed by atoms with Gasteiger partial charge in [0.05, 0.1) is 6.61 Å². The monoisotopic (exact) mass is 363 g/mol. The van der Waals surface area contributed by atoms with Crippen molar-refractivity contribution >= 4 is 11.9 Å². The van der Waals surface area contributed by atoms with Crippen molar-refractivity contribution in [3.63, 3.8) is 0 Å². The van der Waals surface area contributed by atoms with Crippen LogP contribution in [0.5, 0.6) is 0 Å². The first-order valence-corrected chi connectivity index (χ1v) is 9.48. The van der Waals surface area contributed by atoms with Crippen LogP contribution >= 0.6 is 0 Å². The standard InChI is InChI=1S/C20H30N2O4/c1-14(2)16-7-6-15(3)18(11-16)26-19(24)13-22-9-4-5-17(12-22)20(25)21-8-10-23/h4-5,9,12,14-16,18,23H,6-8,10-11,13H2,1-3H3/p+1. The van der Waals surface area contributed by atoms with E-state index in [4.69, 9.17) is 9.84 Å². The Morgan fingerprint density at radius 2 is 2.15 bits per heavy atom. The van der Waals surface area contributed by atoms with Gasteiger partial charge >= 0.3 is 5.97 Å². The number of amides is 1. The Bertz CT molecular complexity index is 618. The molecule has 0 aliphatic heterocycles. The number of pyridine rings is 1. The molecule has 3 unspecified atom stereocenters. The first-order chi connectivity index (χ1) is 12.4. The Morgan fingerprint density at radius 1 is 1.38 bits per heavy atom. The highest BCUT2D eigenvalue weighted by atomic mass is 16.5. The van der Waals surface area contributed by atoms with E-state index < -0.39 is 0 Å². The highest BCUT2D eigenvalue weighted by Gasteiger charge is 2.32. The van der Waals surface area contributed by atoms with Crippen molar-refractivity contribution < 1.29 is 24.0 Å². The third kappa shape index (κ3) is 5.80. The molecule has 1 fully saturated rings. The van der Waals surface area contributed by atoms with Gasteiger partial charge in [-0.3, -0.25) is 4.79 Å². The molecule has 1 heterocycles. The lowest BCUT2D eigenvalue weighted by Crippen LogP contribution is -2.42. The van der Waals surface area contributed by atoms with Gasteiger partial charge in [-0.15, -0.1) is 0 Å². The fourth-order valence-electron chi connectivity index (χ4n) is 3.46. The van der Waals surface area contributed by atoms with Gasteiger partial charge in [0.2, 0.25) is 6.54 Å². The molecule has 2 N–H and O–H groups in total. The fourth-order valence-corrected chi connectivity index (χ4v) is 3.46. The second-order valence-electron chi connectivity index (χ2n) is 7.57. The first-order valence-electron chi connectivity index (χ1n) is 9.48. The van der Waals surface area contributed by atoms with Gasteiger partial charge in [-0.1, -0.05) is 20.8 Å². The van der Waals surface area contributed by atoms with Crippen LogP contribution < -0.4 is 9.88 Å². The maximum absolute atomic E-state index is 12.4. The molecule has 144 valence electrons. The molecule has 1 aliphatic carbocycles. The number of ether oxygens (including phenoxy) is 1. The predicted octanol–water partition coefficient (Wildman–Crippen LogP) is 1.70. The van der Waals surface area contributed by atoms with Crippen LogP contribution in [0.15, 0.2) is 24.5 Å². The lowest BCUT2D eigenvalue weighted by Gasteiger charge is -2.35. The molecule has 6 heteroatoms. The molecule has 2 rings (SSSR count). The topological polar surface area (TPSA) is 79.5 Å². The number of aliphatic hydroxyl groups is 1. The van der Waals surface area contributed by atoms with Gasteiger partial charge in [0, 0.05) is 12.6 Å². The summed E-state index contributed by atoms with van der Waals surface area (Å²) in [5, 5.41) is 11.4. The summed E-state index contributed by atoms with van der Waals surface area (Å²) in [7, 11) is 0. The van der Waals surface area contributed by atoms with Crippen LogP contribution in [0.25, 0.3) is 0 Å². The van der Waals surface area contributed by atoms with E-state index in [9.17, 15) is 9.59 Å². The average molecular weight is 363 g/mol. The van der Waals surface area contributed by atoms with E-state index in [0.29, 0.717) is 23.3 Å². The molecule has 0 spiro atoms. The first kappa shape index (κ1) is 20.4. The molecule has 0 radical (unpaired) electrons. The lowest BCUT2D eigenvalue weighted by molar-refractivity contribution is -0.686. The molecule has 0 bridgehead atoms. The number of rotatable bonds is 7. The van der Waals surface area contributed by atoms with E-state index in [1.54, 1.807) is 29.1 Å². The summed E-state index contributed by atoms with van der Waals surface area (Å²) in [6.45, 7) is 6.77. The Labute approximate surface area is 155 Å². The third-order valence-corrected chi connectivity index (χ3v) is 5.22. The van der Waals surface area contributed by atoms with Crippen molar-refractivity contribution in [3.05, 3.63) is 30.1 Å². The van der Waals surface area contributed by atoms with E-state index in [1.807, 2.05) is 0 Å². The van der Waals surface area contributed by atoms with E-state index in [-0.39, 0.29) is 37.7 Å². The van der Waals surface area contributed by atoms with Gasteiger partial charge in [0.15, 0.2) is 12.4 Å². The van der Waals surface area contributed by atoms with Gasteiger partial charge < -0.3 is 15.2 Å². The molecule has 1 amide bonds. The summed E-state index contributed by atoms with van der Waals surface area (Å²) in [5.41, 5.74) is 0.444. The van der Waals surface area contributed by atoms with Crippen molar-refractivity contribution in [3.8, 4) is 0 Å². The highest BCUT2D eigenvalue weighted by Crippen LogP contribution is 2.34. The van der Waals surface area contributed by atoms with Crippen LogP contribution in [-0.2, 0) is 16.1 Å². The Kier molecular flexibility index (Phi) is 7.57. The molecular weight excluding hydrogens is 332 g/mol. The SMILES string of the molecule is CC(C)C1CCC(C)C(OC(=O)C[n+]2cccc(C(=O)NCCO)c2)C1. The minimum Gasteiger partial charge on any atom is -0.457 e. The molecular formula is C20H31N2O4+. The maximum Gasteiger partial charge on any atom is 0.372 e. The third-order valence-electron chi connectivity index (χ3n) is 5.22. The number of nitrogens with zero attached hydrogens (tertiary/aromatic N) is 1. The van der Waals surface area contributed by atoms with Gasteiger partial charge in [0.1, 0.15) is 11.7 Å². The molecule has 0 saturated heterocycles. The van der Waals surface area contributed by atoms with Crippen LogP contribution in [0.2, 0.25) is 0 Å². The average Bonchev–Trinajstić information content (AvgIpc) is 2.61. The Hall–Kier alpha value is -1.95. The zero-order valence-electron chi connectivity index (χ0n) is 16.0. The number of carbonyl (C=O) groups excluding carboxylic acids is 2.